The molecule has 0 amide bonds. The van der Waals surface area contributed by atoms with Crippen molar-refractivity contribution in [3.8, 4) is 0 Å². The van der Waals surface area contributed by atoms with E-state index in [-0.39, 0.29) is 6.10 Å². The Morgan fingerprint density at radius 1 is 1.25 bits per heavy atom. The van der Waals surface area contributed by atoms with Gasteiger partial charge in [-0.15, -0.1) is 0 Å². The first kappa shape index (κ1) is 11.7. The van der Waals surface area contributed by atoms with Gasteiger partial charge in [-0.2, -0.15) is 0 Å². The topological polar surface area (TPSA) is 20.2 Å². The molecule has 0 spiro atoms. The van der Waals surface area contributed by atoms with Gasteiger partial charge in [0.2, 0.25) is 0 Å². The smallest absolute Gasteiger partial charge is 0.0818 e. The molecule has 1 heteroatoms. The van der Waals surface area contributed by atoms with Crippen molar-refractivity contribution < 1.29 is 5.11 Å². The first-order valence-corrected chi connectivity index (χ1v) is 6.54. The van der Waals surface area contributed by atoms with Crippen molar-refractivity contribution in [3.05, 3.63) is 35.9 Å². The second-order valence-corrected chi connectivity index (χ2v) is 5.06. The molecule has 0 bridgehead atoms. The lowest BCUT2D eigenvalue weighted by Crippen LogP contribution is -2.21. The summed E-state index contributed by atoms with van der Waals surface area (Å²) in [5.41, 5.74) is 1.09. The molecule has 16 heavy (non-hydrogen) atoms. The Labute approximate surface area is 98.5 Å². The van der Waals surface area contributed by atoms with Crippen molar-refractivity contribution in [1.82, 2.24) is 0 Å². The Kier molecular flexibility index (Phi) is 4.00. The van der Waals surface area contributed by atoms with Crippen LogP contribution >= 0.6 is 0 Å². The lowest BCUT2D eigenvalue weighted by molar-refractivity contribution is 0.0678. The third kappa shape index (κ3) is 2.65. The molecule has 1 fully saturated rings. The molecule has 1 aromatic carbocycles. The van der Waals surface area contributed by atoms with Crippen LogP contribution in [0.2, 0.25) is 0 Å². The zero-order chi connectivity index (χ0) is 11.4. The standard InChI is InChI=1S/C15H22O/c1-2-12-7-6-10-14(11-12)15(16)13-8-4-3-5-9-13/h3-5,8-9,12,14-16H,2,6-7,10-11H2,1H3. The summed E-state index contributed by atoms with van der Waals surface area (Å²) >= 11 is 0. The van der Waals surface area contributed by atoms with Gasteiger partial charge in [0.05, 0.1) is 6.10 Å². The fourth-order valence-electron chi connectivity index (χ4n) is 2.91. The monoisotopic (exact) mass is 218 g/mol. The summed E-state index contributed by atoms with van der Waals surface area (Å²) in [6.45, 7) is 2.27. The van der Waals surface area contributed by atoms with Gasteiger partial charge in [-0.05, 0) is 30.2 Å². The van der Waals surface area contributed by atoms with Crippen molar-refractivity contribution >= 4 is 0 Å². The van der Waals surface area contributed by atoms with Crippen LogP contribution in [0.1, 0.15) is 50.7 Å². The molecule has 0 aliphatic heterocycles. The molecular formula is C15H22O. The summed E-state index contributed by atoms with van der Waals surface area (Å²) in [5, 5.41) is 10.4. The van der Waals surface area contributed by atoms with Crippen LogP contribution in [0.3, 0.4) is 0 Å². The SMILES string of the molecule is CCC1CCCC(C(O)c2ccccc2)C1. The van der Waals surface area contributed by atoms with Gasteiger partial charge >= 0.3 is 0 Å². The van der Waals surface area contributed by atoms with Crippen molar-refractivity contribution in [3.63, 3.8) is 0 Å². The van der Waals surface area contributed by atoms with E-state index < -0.39 is 0 Å². The average molecular weight is 218 g/mol. The molecule has 1 N–H and O–H groups in total. The van der Waals surface area contributed by atoms with Crippen LogP contribution in [0.15, 0.2) is 30.3 Å². The molecule has 3 atom stereocenters. The Hall–Kier alpha value is -0.820. The molecular weight excluding hydrogens is 196 g/mol. The number of rotatable bonds is 3. The van der Waals surface area contributed by atoms with Gasteiger partial charge in [0, 0.05) is 0 Å². The molecule has 2 rings (SSSR count). The zero-order valence-electron chi connectivity index (χ0n) is 10.1. The summed E-state index contributed by atoms with van der Waals surface area (Å²) < 4.78 is 0. The lowest BCUT2D eigenvalue weighted by Gasteiger charge is -2.31. The second-order valence-electron chi connectivity index (χ2n) is 5.06. The maximum atomic E-state index is 10.4. The van der Waals surface area contributed by atoms with Gasteiger partial charge < -0.3 is 5.11 Å². The predicted octanol–water partition coefficient (Wildman–Crippen LogP) is 3.94. The summed E-state index contributed by atoms with van der Waals surface area (Å²) in [7, 11) is 0. The minimum atomic E-state index is -0.254. The van der Waals surface area contributed by atoms with Gasteiger partial charge in [0.15, 0.2) is 0 Å². The highest BCUT2D eigenvalue weighted by Gasteiger charge is 2.27. The molecule has 0 radical (unpaired) electrons. The largest absolute Gasteiger partial charge is 0.388 e. The van der Waals surface area contributed by atoms with Crippen molar-refractivity contribution in [2.45, 2.75) is 45.1 Å². The molecule has 1 aliphatic rings. The first-order valence-electron chi connectivity index (χ1n) is 6.54. The molecule has 0 heterocycles. The van der Waals surface area contributed by atoms with Gasteiger partial charge in [-0.25, -0.2) is 0 Å². The average Bonchev–Trinajstić information content (AvgIpc) is 2.39. The summed E-state index contributed by atoms with van der Waals surface area (Å²) in [4.78, 5) is 0. The van der Waals surface area contributed by atoms with E-state index in [4.69, 9.17) is 0 Å². The normalized spacial score (nSPS) is 27.6. The summed E-state index contributed by atoms with van der Waals surface area (Å²) in [6.07, 6.45) is 6.04. The van der Waals surface area contributed by atoms with Crippen LogP contribution in [0.5, 0.6) is 0 Å². The van der Waals surface area contributed by atoms with Gasteiger partial charge in [0.1, 0.15) is 0 Å². The predicted molar refractivity (Wildman–Crippen MR) is 67.1 cm³/mol. The van der Waals surface area contributed by atoms with E-state index in [1.165, 1.54) is 32.1 Å². The van der Waals surface area contributed by atoms with Gasteiger partial charge in [0.25, 0.3) is 0 Å². The maximum Gasteiger partial charge on any atom is 0.0818 e. The molecule has 0 aromatic heterocycles. The summed E-state index contributed by atoms with van der Waals surface area (Å²) in [5.74, 6) is 1.30. The van der Waals surface area contributed by atoms with E-state index in [1.54, 1.807) is 0 Å². The fraction of sp³-hybridized carbons (Fsp3) is 0.600. The van der Waals surface area contributed by atoms with E-state index in [0.29, 0.717) is 5.92 Å². The number of aliphatic hydroxyl groups excluding tert-OH is 1. The van der Waals surface area contributed by atoms with Crippen LogP contribution in [0.25, 0.3) is 0 Å². The van der Waals surface area contributed by atoms with Crippen LogP contribution in [0, 0.1) is 11.8 Å². The third-order valence-corrected chi connectivity index (χ3v) is 3.99. The maximum absolute atomic E-state index is 10.4. The number of hydrogen-bond donors (Lipinski definition) is 1. The third-order valence-electron chi connectivity index (χ3n) is 3.99. The molecule has 3 unspecified atom stereocenters. The molecule has 1 saturated carbocycles. The minimum Gasteiger partial charge on any atom is -0.388 e. The van der Waals surface area contributed by atoms with E-state index in [2.05, 4.69) is 6.92 Å². The lowest BCUT2D eigenvalue weighted by atomic mass is 9.76. The van der Waals surface area contributed by atoms with E-state index in [1.807, 2.05) is 30.3 Å². The van der Waals surface area contributed by atoms with Crippen LogP contribution in [0.4, 0.5) is 0 Å². The molecule has 1 aromatic rings. The second kappa shape index (κ2) is 5.49. The molecule has 0 saturated heterocycles. The van der Waals surface area contributed by atoms with Gasteiger partial charge in [-0.3, -0.25) is 0 Å². The highest BCUT2D eigenvalue weighted by molar-refractivity contribution is 5.18. The number of aliphatic hydroxyl groups is 1. The van der Waals surface area contributed by atoms with Crippen molar-refractivity contribution in [2.75, 3.05) is 0 Å². The Morgan fingerprint density at radius 3 is 2.69 bits per heavy atom. The quantitative estimate of drug-likeness (QED) is 0.814. The molecule has 88 valence electrons. The van der Waals surface area contributed by atoms with E-state index >= 15 is 0 Å². The van der Waals surface area contributed by atoms with E-state index in [9.17, 15) is 5.11 Å². The Morgan fingerprint density at radius 2 is 2.00 bits per heavy atom. The van der Waals surface area contributed by atoms with Crippen LogP contribution < -0.4 is 0 Å². The molecule has 1 nitrogen and oxygen atoms in total. The first-order chi connectivity index (χ1) is 7.81. The number of hydrogen-bond acceptors (Lipinski definition) is 1. The Bertz CT molecular complexity index is 306. The van der Waals surface area contributed by atoms with Crippen LogP contribution in [-0.2, 0) is 0 Å². The fourth-order valence-corrected chi connectivity index (χ4v) is 2.91. The minimum absolute atomic E-state index is 0.254. The number of benzene rings is 1. The van der Waals surface area contributed by atoms with Gasteiger partial charge in [-0.1, -0.05) is 56.5 Å². The Balaban J connectivity index is 2.01. The summed E-state index contributed by atoms with van der Waals surface area (Å²) in [6, 6.07) is 10.1. The zero-order valence-corrected chi connectivity index (χ0v) is 10.1. The highest BCUT2D eigenvalue weighted by atomic mass is 16.3. The van der Waals surface area contributed by atoms with E-state index in [0.717, 1.165) is 11.5 Å². The van der Waals surface area contributed by atoms with Crippen LogP contribution in [-0.4, -0.2) is 5.11 Å². The highest BCUT2D eigenvalue weighted by Crippen LogP contribution is 2.38. The van der Waals surface area contributed by atoms with Crippen molar-refractivity contribution in [2.24, 2.45) is 11.8 Å². The van der Waals surface area contributed by atoms with Crippen molar-refractivity contribution in [1.29, 1.82) is 0 Å². The molecule has 1 aliphatic carbocycles.